The van der Waals surface area contributed by atoms with Gasteiger partial charge in [-0.25, -0.2) is 9.78 Å². The number of ketones is 1. The molecule has 0 aromatic carbocycles. The number of carbonyl (C=O) groups excluding carboxylic acids is 1. The molecule has 2 heterocycles. The molecular weight excluding hydrogens is 260 g/mol. The van der Waals surface area contributed by atoms with E-state index in [4.69, 9.17) is 0 Å². The molecule has 0 fully saturated rings. The first-order valence-corrected chi connectivity index (χ1v) is 6.27. The molecule has 0 aliphatic rings. The molecule has 0 bridgehead atoms. The minimum atomic E-state index is -0.572. The molecule has 2 rings (SSSR count). The van der Waals surface area contributed by atoms with Crippen molar-refractivity contribution in [2.45, 2.75) is 26.9 Å². The predicted octanol–water partition coefficient (Wildman–Crippen LogP) is 0.0143. The second-order valence-electron chi connectivity index (χ2n) is 4.50. The Morgan fingerprint density at radius 2 is 2.00 bits per heavy atom. The van der Waals surface area contributed by atoms with Gasteiger partial charge in [-0.3, -0.25) is 18.7 Å². The first-order chi connectivity index (χ1) is 9.45. The van der Waals surface area contributed by atoms with Crippen molar-refractivity contribution in [2.24, 2.45) is 7.05 Å². The summed E-state index contributed by atoms with van der Waals surface area (Å²) >= 11 is 0. The number of aromatic nitrogens is 4. The Kier molecular flexibility index (Phi) is 3.69. The van der Waals surface area contributed by atoms with Crippen molar-refractivity contribution in [2.75, 3.05) is 0 Å². The molecule has 0 amide bonds. The Morgan fingerprint density at radius 1 is 1.30 bits per heavy atom. The van der Waals surface area contributed by atoms with E-state index in [2.05, 4.69) is 4.98 Å². The molecule has 7 heteroatoms. The second kappa shape index (κ2) is 5.28. The van der Waals surface area contributed by atoms with Crippen molar-refractivity contribution in [3.05, 3.63) is 50.8 Å². The highest BCUT2D eigenvalue weighted by atomic mass is 16.2. The number of imidazole rings is 1. The van der Waals surface area contributed by atoms with Gasteiger partial charge in [0.2, 0.25) is 0 Å². The molecule has 20 heavy (non-hydrogen) atoms. The van der Waals surface area contributed by atoms with Crippen LogP contribution < -0.4 is 11.2 Å². The van der Waals surface area contributed by atoms with Crippen LogP contribution in [0.1, 0.15) is 30.0 Å². The third-order valence-electron chi connectivity index (χ3n) is 3.19. The number of rotatable bonds is 4. The van der Waals surface area contributed by atoms with Gasteiger partial charge in [0.25, 0.3) is 5.56 Å². The molecular formula is C13H16N4O3. The molecule has 106 valence electrons. The smallest absolute Gasteiger partial charge is 0.331 e. The van der Waals surface area contributed by atoms with E-state index in [9.17, 15) is 14.4 Å². The average molecular weight is 276 g/mol. The summed E-state index contributed by atoms with van der Waals surface area (Å²) in [5.41, 5.74) is -1.04. The molecule has 0 unspecified atom stereocenters. The van der Waals surface area contributed by atoms with E-state index in [-0.39, 0.29) is 17.9 Å². The fraction of sp³-hybridized carbons (Fsp3) is 0.385. The predicted molar refractivity (Wildman–Crippen MR) is 73.0 cm³/mol. The number of nitrogens with zero attached hydrogens (tertiary/aromatic N) is 4. The first-order valence-electron chi connectivity index (χ1n) is 6.27. The van der Waals surface area contributed by atoms with E-state index < -0.39 is 11.2 Å². The Balaban J connectivity index is 2.55. The van der Waals surface area contributed by atoms with Gasteiger partial charge in [0.05, 0.1) is 12.1 Å². The van der Waals surface area contributed by atoms with Crippen LogP contribution in [0.5, 0.6) is 0 Å². The van der Waals surface area contributed by atoms with Crippen molar-refractivity contribution >= 4 is 5.78 Å². The van der Waals surface area contributed by atoms with Gasteiger partial charge in [-0.1, -0.05) is 0 Å². The fourth-order valence-electron chi connectivity index (χ4n) is 2.01. The second-order valence-corrected chi connectivity index (χ2v) is 4.50. The summed E-state index contributed by atoms with van der Waals surface area (Å²) in [5.74, 6) is 0.334. The Hall–Kier alpha value is -2.44. The lowest BCUT2D eigenvalue weighted by Gasteiger charge is -2.10. The monoisotopic (exact) mass is 276 g/mol. The highest BCUT2D eigenvalue weighted by Crippen LogP contribution is 2.00. The standard InChI is InChI=1S/C13H16N4O3/c1-4-16-6-5-14-11(16)8-17-7-10(9(2)18)12(19)15(3)13(17)20/h5-7H,4,8H2,1-3H3. The zero-order valence-electron chi connectivity index (χ0n) is 11.7. The van der Waals surface area contributed by atoms with Crippen molar-refractivity contribution in [3.8, 4) is 0 Å². The van der Waals surface area contributed by atoms with E-state index in [1.807, 2.05) is 17.7 Å². The summed E-state index contributed by atoms with van der Waals surface area (Å²) in [4.78, 5) is 39.5. The number of hydrogen-bond acceptors (Lipinski definition) is 4. The van der Waals surface area contributed by atoms with Crippen molar-refractivity contribution in [1.29, 1.82) is 0 Å². The van der Waals surface area contributed by atoms with E-state index in [1.165, 1.54) is 24.7 Å². The maximum absolute atomic E-state index is 12.1. The summed E-state index contributed by atoms with van der Waals surface area (Å²) in [6, 6.07) is 0. The fourth-order valence-corrected chi connectivity index (χ4v) is 2.01. The van der Waals surface area contributed by atoms with Crippen LogP contribution in [0.3, 0.4) is 0 Å². The van der Waals surface area contributed by atoms with E-state index in [0.717, 1.165) is 11.1 Å². The van der Waals surface area contributed by atoms with E-state index >= 15 is 0 Å². The van der Waals surface area contributed by atoms with Crippen LogP contribution in [0.2, 0.25) is 0 Å². The lowest BCUT2D eigenvalue weighted by Crippen LogP contribution is -2.40. The molecule has 2 aromatic heterocycles. The molecule has 0 saturated carbocycles. The van der Waals surface area contributed by atoms with Gasteiger partial charge in [0.15, 0.2) is 5.78 Å². The van der Waals surface area contributed by atoms with Crippen LogP contribution >= 0.6 is 0 Å². The van der Waals surface area contributed by atoms with Crippen LogP contribution in [0.4, 0.5) is 0 Å². The minimum absolute atomic E-state index is 0.00158. The zero-order valence-corrected chi connectivity index (χ0v) is 11.7. The molecule has 0 aliphatic heterocycles. The van der Waals surface area contributed by atoms with Gasteiger partial charge in [-0.2, -0.15) is 0 Å². The third kappa shape index (κ3) is 2.34. The SMILES string of the molecule is CCn1ccnc1Cn1cc(C(C)=O)c(=O)n(C)c1=O. The minimum Gasteiger partial charge on any atom is -0.334 e. The van der Waals surface area contributed by atoms with E-state index in [1.54, 1.807) is 6.20 Å². The van der Waals surface area contributed by atoms with Crippen LogP contribution in [-0.4, -0.2) is 24.5 Å². The summed E-state index contributed by atoms with van der Waals surface area (Å²) in [6.45, 7) is 4.22. The van der Waals surface area contributed by atoms with Crippen LogP contribution in [0.25, 0.3) is 0 Å². The summed E-state index contributed by atoms with van der Waals surface area (Å²) < 4.78 is 4.16. The van der Waals surface area contributed by atoms with Crippen molar-refractivity contribution in [1.82, 2.24) is 18.7 Å². The maximum Gasteiger partial charge on any atom is 0.331 e. The topological polar surface area (TPSA) is 78.9 Å². The molecule has 2 aromatic rings. The zero-order chi connectivity index (χ0) is 14.9. The largest absolute Gasteiger partial charge is 0.334 e. The average Bonchev–Trinajstić information content (AvgIpc) is 2.86. The Labute approximate surface area is 115 Å². The lowest BCUT2D eigenvalue weighted by molar-refractivity contribution is 0.101. The molecule has 0 aliphatic carbocycles. The Morgan fingerprint density at radius 3 is 2.60 bits per heavy atom. The molecule has 0 spiro atoms. The first kappa shape index (κ1) is 14.0. The van der Waals surface area contributed by atoms with Crippen molar-refractivity contribution in [3.63, 3.8) is 0 Å². The Bertz CT molecular complexity index is 767. The number of Topliss-reactive ketones (excluding diaryl/α,β-unsaturated/α-hetero) is 1. The number of aryl methyl sites for hydroxylation is 1. The number of hydrogen-bond donors (Lipinski definition) is 0. The van der Waals surface area contributed by atoms with Gasteiger partial charge in [0.1, 0.15) is 5.82 Å². The van der Waals surface area contributed by atoms with Crippen LogP contribution in [-0.2, 0) is 20.1 Å². The van der Waals surface area contributed by atoms with Crippen molar-refractivity contribution < 1.29 is 4.79 Å². The van der Waals surface area contributed by atoms with Gasteiger partial charge in [-0.05, 0) is 13.8 Å². The number of carbonyl (C=O) groups is 1. The lowest BCUT2D eigenvalue weighted by atomic mass is 10.2. The summed E-state index contributed by atoms with van der Waals surface area (Å²) in [5, 5.41) is 0. The van der Waals surface area contributed by atoms with E-state index in [0.29, 0.717) is 5.82 Å². The molecule has 0 N–H and O–H groups in total. The van der Waals surface area contributed by atoms with Gasteiger partial charge in [0, 0.05) is 32.2 Å². The highest BCUT2D eigenvalue weighted by Gasteiger charge is 2.13. The molecule has 0 saturated heterocycles. The third-order valence-corrected chi connectivity index (χ3v) is 3.19. The van der Waals surface area contributed by atoms with Gasteiger partial charge < -0.3 is 4.57 Å². The molecule has 7 nitrogen and oxygen atoms in total. The summed E-state index contributed by atoms with van der Waals surface area (Å²) in [6.07, 6.45) is 4.77. The van der Waals surface area contributed by atoms with Gasteiger partial charge in [-0.15, -0.1) is 0 Å². The van der Waals surface area contributed by atoms with Crippen LogP contribution in [0, 0.1) is 0 Å². The summed E-state index contributed by atoms with van der Waals surface area (Å²) in [7, 11) is 1.36. The maximum atomic E-state index is 12.1. The normalized spacial score (nSPS) is 10.8. The van der Waals surface area contributed by atoms with Gasteiger partial charge >= 0.3 is 5.69 Å². The highest BCUT2D eigenvalue weighted by molar-refractivity contribution is 5.93. The molecule has 0 radical (unpaired) electrons. The quantitative estimate of drug-likeness (QED) is 0.737. The molecule has 0 atom stereocenters. The van der Waals surface area contributed by atoms with Crippen LogP contribution in [0.15, 0.2) is 28.2 Å².